The largest absolute Gasteiger partial charge is 0.423 e. The summed E-state index contributed by atoms with van der Waals surface area (Å²) in [5, 5.41) is 14.8. The average Bonchev–Trinajstić information content (AvgIpc) is 2.65. The Morgan fingerprint density at radius 1 is 1.28 bits per heavy atom. The molecule has 0 fully saturated rings. The van der Waals surface area contributed by atoms with E-state index in [-0.39, 0.29) is 39.2 Å². The van der Waals surface area contributed by atoms with Crippen LogP contribution >= 0.6 is 0 Å². The summed E-state index contributed by atoms with van der Waals surface area (Å²) >= 11 is 0. The van der Waals surface area contributed by atoms with Gasteiger partial charge in [-0.25, -0.2) is 13.2 Å². The van der Waals surface area contributed by atoms with Crippen LogP contribution in [0.2, 0.25) is 0 Å². The van der Waals surface area contributed by atoms with Gasteiger partial charge in [0.2, 0.25) is 0 Å². The summed E-state index contributed by atoms with van der Waals surface area (Å²) in [7, 11) is -4.22. The number of rotatable bonds is 6. The first-order valence-electron chi connectivity index (χ1n) is 8.07. The Morgan fingerprint density at radius 3 is 2.69 bits per heavy atom. The van der Waals surface area contributed by atoms with Crippen LogP contribution in [0.25, 0.3) is 21.4 Å². The summed E-state index contributed by atoms with van der Waals surface area (Å²) in [6, 6.07) is 9.08. The lowest BCUT2D eigenvalue weighted by atomic mass is 10.1. The highest BCUT2D eigenvalue weighted by Gasteiger charge is 2.23. The van der Waals surface area contributed by atoms with E-state index in [4.69, 9.17) is 9.95 Å². The molecule has 148 valence electrons. The molecule has 0 amide bonds. The molecule has 0 bridgehead atoms. The Balaban J connectivity index is 2.17. The van der Waals surface area contributed by atoms with E-state index in [1.807, 2.05) is 0 Å². The molecule has 1 N–H and O–H groups in total. The van der Waals surface area contributed by atoms with Crippen LogP contribution in [0, 0.1) is 17.0 Å². The van der Waals surface area contributed by atoms with Gasteiger partial charge >= 0.3 is 5.63 Å². The zero-order valence-electron chi connectivity index (χ0n) is 14.9. The number of nitrogens with one attached hydrogen (secondary N) is 1. The van der Waals surface area contributed by atoms with Gasteiger partial charge in [0.05, 0.1) is 16.4 Å². The number of anilines is 1. The quantitative estimate of drug-likeness (QED) is 0.161. The number of hydrogen-bond acceptors (Lipinski definition) is 7. The topological polar surface area (TPSA) is 168 Å². The Bertz CT molecular complexity index is 1340. The van der Waals surface area contributed by atoms with Crippen molar-refractivity contribution in [3.8, 4) is 0 Å². The molecule has 2 aromatic carbocycles. The van der Waals surface area contributed by atoms with E-state index < -0.39 is 26.3 Å². The molecule has 0 saturated carbocycles. The van der Waals surface area contributed by atoms with Crippen LogP contribution in [0.5, 0.6) is 0 Å². The smallest absolute Gasteiger partial charge is 0.336 e. The second-order valence-corrected chi connectivity index (χ2v) is 7.62. The summed E-state index contributed by atoms with van der Waals surface area (Å²) < 4.78 is 33.2. The minimum Gasteiger partial charge on any atom is -0.423 e. The number of fused-ring (bicyclic) bond motifs is 1. The van der Waals surface area contributed by atoms with E-state index in [9.17, 15) is 23.3 Å². The third kappa shape index (κ3) is 4.03. The van der Waals surface area contributed by atoms with Gasteiger partial charge in [-0.05, 0) is 41.8 Å². The van der Waals surface area contributed by atoms with Crippen LogP contribution in [0.15, 0.2) is 61.7 Å². The van der Waals surface area contributed by atoms with E-state index in [1.54, 1.807) is 0 Å². The van der Waals surface area contributed by atoms with Gasteiger partial charge in [0.15, 0.2) is 0 Å². The summed E-state index contributed by atoms with van der Waals surface area (Å²) in [4.78, 5) is 24.6. The van der Waals surface area contributed by atoms with Crippen LogP contribution in [-0.4, -0.2) is 13.3 Å². The van der Waals surface area contributed by atoms with Crippen molar-refractivity contribution in [2.45, 2.75) is 18.4 Å². The average molecular weight is 415 g/mol. The number of sulfonamides is 1. The maximum Gasteiger partial charge on any atom is 0.336 e. The molecule has 12 heteroatoms. The van der Waals surface area contributed by atoms with Gasteiger partial charge in [0, 0.05) is 22.4 Å². The maximum atomic E-state index is 12.9. The highest BCUT2D eigenvalue weighted by Crippen LogP contribution is 2.30. The van der Waals surface area contributed by atoms with Crippen LogP contribution in [-0.2, 0) is 16.6 Å². The third-order valence-electron chi connectivity index (χ3n) is 4.06. The molecule has 0 unspecified atom stereocenters. The fourth-order valence-electron chi connectivity index (χ4n) is 2.80. The first kappa shape index (κ1) is 19.9. The lowest BCUT2D eigenvalue weighted by Crippen LogP contribution is -2.15. The molecule has 0 aliphatic carbocycles. The summed E-state index contributed by atoms with van der Waals surface area (Å²) in [5.41, 5.74) is 7.94. The monoisotopic (exact) mass is 415 g/mol. The zero-order chi connectivity index (χ0) is 21.2. The second kappa shape index (κ2) is 7.62. The van der Waals surface area contributed by atoms with E-state index >= 15 is 0 Å². The Hall–Kier alpha value is -3.89. The second-order valence-electron chi connectivity index (χ2n) is 5.97. The highest BCUT2D eigenvalue weighted by atomic mass is 32.2. The van der Waals surface area contributed by atoms with Gasteiger partial charge in [-0.2, -0.15) is 0 Å². The van der Waals surface area contributed by atoms with Gasteiger partial charge in [0.25, 0.3) is 15.7 Å². The fourth-order valence-corrected chi connectivity index (χ4v) is 4.13. The van der Waals surface area contributed by atoms with Crippen molar-refractivity contribution in [3.05, 3.63) is 84.6 Å². The SMILES string of the molecule is Cc1cc2oc(=O)cc(CN=[N+]=[N-])c2cc1S(=O)(=O)Nc1ccccc1[N+](=O)[O-]. The van der Waals surface area contributed by atoms with Gasteiger partial charge in [-0.3, -0.25) is 14.8 Å². The lowest BCUT2D eigenvalue weighted by molar-refractivity contribution is -0.383. The molecule has 3 aromatic rings. The molecule has 29 heavy (non-hydrogen) atoms. The molecule has 1 aromatic heterocycles. The molecule has 0 spiro atoms. The van der Waals surface area contributed by atoms with Crippen LogP contribution in [0.1, 0.15) is 11.1 Å². The molecule has 3 rings (SSSR count). The van der Waals surface area contributed by atoms with Crippen molar-refractivity contribution in [3.63, 3.8) is 0 Å². The zero-order valence-corrected chi connectivity index (χ0v) is 15.7. The maximum absolute atomic E-state index is 12.9. The van der Waals surface area contributed by atoms with Gasteiger partial charge < -0.3 is 4.42 Å². The van der Waals surface area contributed by atoms with Crippen molar-refractivity contribution in [1.29, 1.82) is 0 Å². The summed E-state index contributed by atoms with van der Waals surface area (Å²) in [6.45, 7) is 1.31. The molecule has 0 aliphatic rings. The predicted molar refractivity (Wildman–Crippen MR) is 104 cm³/mol. The van der Waals surface area contributed by atoms with Crippen LogP contribution in [0.3, 0.4) is 0 Å². The van der Waals surface area contributed by atoms with Crippen molar-refractivity contribution in [2.75, 3.05) is 4.72 Å². The molecule has 0 atom stereocenters. The number of aryl methyl sites for hydroxylation is 1. The predicted octanol–water partition coefficient (Wildman–Crippen LogP) is 3.62. The number of nitro groups is 1. The lowest BCUT2D eigenvalue weighted by Gasteiger charge is -2.12. The van der Waals surface area contributed by atoms with Crippen molar-refractivity contribution < 1.29 is 17.8 Å². The molecule has 11 nitrogen and oxygen atoms in total. The minimum absolute atomic E-state index is 0.128. The highest BCUT2D eigenvalue weighted by molar-refractivity contribution is 7.92. The number of nitrogens with zero attached hydrogens (tertiary/aromatic N) is 4. The molecular weight excluding hydrogens is 402 g/mol. The first-order chi connectivity index (χ1) is 13.7. The molecule has 0 radical (unpaired) electrons. The summed E-state index contributed by atoms with van der Waals surface area (Å²) in [5.74, 6) is 0. The van der Waals surface area contributed by atoms with Crippen molar-refractivity contribution >= 4 is 32.4 Å². The molecule has 1 heterocycles. The molecule has 0 saturated heterocycles. The van der Waals surface area contributed by atoms with E-state index in [2.05, 4.69) is 14.7 Å². The fraction of sp³-hybridized carbons (Fsp3) is 0.118. The Morgan fingerprint density at radius 2 is 2.00 bits per heavy atom. The number of nitro benzene ring substituents is 1. The number of para-hydroxylation sites is 2. The minimum atomic E-state index is -4.22. The van der Waals surface area contributed by atoms with Gasteiger partial charge in [-0.1, -0.05) is 17.2 Å². The summed E-state index contributed by atoms with van der Waals surface area (Å²) in [6.07, 6.45) is 0. The first-order valence-corrected chi connectivity index (χ1v) is 9.56. The van der Waals surface area contributed by atoms with E-state index in [0.29, 0.717) is 0 Å². The Labute approximate surface area is 163 Å². The van der Waals surface area contributed by atoms with E-state index in [0.717, 1.165) is 6.07 Å². The van der Waals surface area contributed by atoms with Crippen molar-refractivity contribution in [1.82, 2.24) is 0 Å². The Kier molecular flexibility index (Phi) is 5.22. The van der Waals surface area contributed by atoms with Crippen LogP contribution < -0.4 is 10.3 Å². The third-order valence-corrected chi connectivity index (χ3v) is 5.57. The van der Waals surface area contributed by atoms with Crippen molar-refractivity contribution in [2.24, 2.45) is 5.11 Å². The van der Waals surface area contributed by atoms with Gasteiger partial charge in [-0.15, -0.1) is 0 Å². The van der Waals surface area contributed by atoms with Crippen LogP contribution in [0.4, 0.5) is 11.4 Å². The molecular formula is C17H13N5O6S. The number of azide groups is 1. The van der Waals surface area contributed by atoms with E-state index in [1.165, 1.54) is 43.3 Å². The number of benzene rings is 2. The molecule has 0 aliphatic heterocycles. The number of hydrogen-bond donors (Lipinski definition) is 1. The normalized spacial score (nSPS) is 11.1. The standard InChI is InChI=1S/C17H13N5O6S/c1-10-6-15-12(11(9-19-21-18)7-17(23)28-15)8-16(10)29(26,27)20-13-4-2-3-5-14(13)22(24)25/h2-8,20H,9H2,1H3. The van der Waals surface area contributed by atoms with Gasteiger partial charge in [0.1, 0.15) is 11.3 Å².